The number of anilines is 1. The van der Waals surface area contributed by atoms with Crippen LogP contribution in [0.25, 0.3) is 16.7 Å². The zero-order valence-corrected chi connectivity index (χ0v) is 19.3. The predicted molar refractivity (Wildman–Crippen MR) is 128 cm³/mol. The molecule has 1 amide bonds. The van der Waals surface area contributed by atoms with Crippen LogP contribution in [-0.2, 0) is 11.3 Å². The van der Waals surface area contributed by atoms with Crippen molar-refractivity contribution in [2.45, 2.75) is 50.7 Å². The molecule has 2 saturated heterocycles. The van der Waals surface area contributed by atoms with Crippen molar-refractivity contribution in [3.63, 3.8) is 0 Å². The van der Waals surface area contributed by atoms with Gasteiger partial charge in [-0.15, -0.1) is 0 Å². The van der Waals surface area contributed by atoms with Gasteiger partial charge in [-0.25, -0.2) is 9.67 Å². The maximum absolute atomic E-state index is 13.2. The number of carbonyl (C=O) groups excluding carboxylic acids is 1. The van der Waals surface area contributed by atoms with Gasteiger partial charge in [0.25, 0.3) is 5.56 Å². The first-order valence-corrected chi connectivity index (χ1v) is 12.3. The predicted octanol–water partition coefficient (Wildman–Crippen LogP) is 1.95. The van der Waals surface area contributed by atoms with Crippen molar-refractivity contribution in [3.05, 3.63) is 47.1 Å². The maximum atomic E-state index is 13.2. The summed E-state index contributed by atoms with van der Waals surface area (Å²) in [5.74, 6) is 0.400. The molecule has 1 saturated carbocycles. The number of nitrogens with zero attached hydrogens (tertiary/aromatic N) is 6. The van der Waals surface area contributed by atoms with E-state index in [-0.39, 0.29) is 23.9 Å². The molecule has 1 N–H and O–H groups in total. The smallest absolute Gasteiger partial charge is 0.264 e. The number of fused-ring (bicyclic) bond motifs is 1. The quantitative estimate of drug-likeness (QED) is 0.623. The van der Waals surface area contributed by atoms with Crippen LogP contribution in [0.1, 0.15) is 38.5 Å². The van der Waals surface area contributed by atoms with Crippen molar-refractivity contribution in [3.8, 4) is 5.69 Å². The molecule has 0 unspecified atom stereocenters. The summed E-state index contributed by atoms with van der Waals surface area (Å²) in [7, 11) is 0. The van der Waals surface area contributed by atoms with Crippen LogP contribution in [0.5, 0.6) is 0 Å². The topological polar surface area (TPSA) is 96.5 Å². The van der Waals surface area contributed by atoms with E-state index in [1.165, 1.54) is 23.7 Å². The van der Waals surface area contributed by atoms with E-state index in [1.807, 2.05) is 17.0 Å². The third-order valence-electron chi connectivity index (χ3n) is 7.50. The summed E-state index contributed by atoms with van der Waals surface area (Å²) in [4.78, 5) is 34.3. The number of likely N-dealkylation sites (tertiary alicyclic amines) is 1. The summed E-state index contributed by atoms with van der Waals surface area (Å²) < 4.78 is 3.19. The second-order valence-corrected chi connectivity index (χ2v) is 10.0. The fourth-order valence-electron chi connectivity index (χ4n) is 5.25. The van der Waals surface area contributed by atoms with E-state index in [1.54, 1.807) is 10.9 Å². The molecule has 178 valence electrons. The fourth-order valence-corrected chi connectivity index (χ4v) is 5.25. The Morgan fingerprint density at radius 3 is 2.56 bits per heavy atom. The van der Waals surface area contributed by atoms with E-state index >= 15 is 0 Å². The van der Waals surface area contributed by atoms with E-state index in [4.69, 9.17) is 0 Å². The summed E-state index contributed by atoms with van der Waals surface area (Å²) in [6.07, 6.45) is 8.36. The molecule has 0 atom stereocenters. The minimum Gasteiger partial charge on any atom is -0.388 e. The van der Waals surface area contributed by atoms with Gasteiger partial charge in [0.2, 0.25) is 5.91 Å². The third kappa shape index (κ3) is 3.87. The Morgan fingerprint density at radius 1 is 1.09 bits per heavy atom. The number of benzene rings is 1. The van der Waals surface area contributed by atoms with Crippen LogP contribution in [0.3, 0.4) is 0 Å². The van der Waals surface area contributed by atoms with Crippen molar-refractivity contribution >= 4 is 22.6 Å². The molecule has 2 aromatic heterocycles. The molecule has 9 nitrogen and oxygen atoms in total. The number of carbonyl (C=O) groups is 1. The van der Waals surface area contributed by atoms with Gasteiger partial charge in [0.15, 0.2) is 5.65 Å². The van der Waals surface area contributed by atoms with E-state index in [2.05, 4.69) is 27.1 Å². The highest BCUT2D eigenvalue weighted by Gasteiger charge is 2.39. The highest BCUT2D eigenvalue weighted by atomic mass is 16.3. The highest BCUT2D eigenvalue weighted by molar-refractivity contribution is 5.81. The number of aromatic nitrogens is 4. The molecular formula is C25H30N6O3. The lowest BCUT2D eigenvalue weighted by atomic mass is 9.91. The van der Waals surface area contributed by atoms with Crippen LogP contribution in [0.4, 0.5) is 5.69 Å². The average molecular weight is 463 g/mol. The number of piperidine rings is 1. The molecule has 1 aromatic carbocycles. The lowest BCUT2D eigenvalue weighted by Gasteiger charge is -2.38. The molecular weight excluding hydrogens is 432 g/mol. The largest absolute Gasteiger partial charge is 0.388 e. The Bertz CT molecular complexity index is 1280. The number of rotatable bonds is 5. The zero-order valence-electron chi connectivity index (χ0n) is 19.3. The Labute approximate surface area is 197 Å². The van der Waals surface area contributed by atoms with Crippen molar-refractivity contribution < 1.29 is 9.90 Å². The number of aliphatic hydroxyl groups is 1. The summed E-state index contributed by atoms with van der Waals surface area (Å²) in [5.41, 5.74) is 1.30. The Hall–Kier alpha value is -3.20. The summed E-state index contributed by atoms with van der Waals surface area (Å²) in [6, 6.07) is 8.17. The van der Waals surface area contributed by atoms with Gasteiger partial charge >= 0.3 is 0 Å². The molecule has 2 aliphatic heterocycles. The van der Waals surface area contributed by atoms with E-state index in [0.29, 0.717) is 37.0 Å². The van der Waals surface area contributed by atoms with Crippen molar-refractivity contribution in [1.82, 2.24) is 24.2 Å². The lowest BCUT2D eigenvalue weighted by molar-refractivity contribution is -0.137. The second-order valence-electron chi connectivity index (χ2n) is 10.0. The van der Waals surface area contributed by atoms with Gasteiger partial charge in [-0.3, -0.25) is 14.2 Å². The van der Waals surface area contributed by atoms with E-state index < -0.39 is 5.60 Å². The second kappa shape index (κ2) is 8.23. The Kier molecular flexibility index (Phi) is 5.17. The van der Waals surface area contributed by atoms with Gasteiger partial charge < -0.3 is 14.9 Å². The maximum Gasteiger partial charge on any atom is 0.264 e. The molecule has 0 bridgehead atoms. The monoisotopic (exact) mass is 462 g/mol. The first-order chi connectivity index (χ1) is 16.5. The van der Waals surface area contributed by atoms with Crippen LogP contribution >= 0.6 is 0 Å². The standard InChI is InChI=1S/C25H30N6O3/c32-23(18-6-7-18)29-12-8-25(34,9-13-29)16-30-17-26-22-21(24(30)33)15-27-31(22)20-5-3-4-19(14-20)28-10-1-2-11-28/h3-5,14-15,17-18,34H,1-2,6-13,16H2. The Morgan fingerprint density at radius 2 is 1.82 bits per heavy atom. The van der Waals surface area contributed by atoms with Crippen molar-refractivity contribution in [2.75, 3.05) is 31.1 Å². The SMILES string of the molecule is O=C(C1CC1)N1CCC(O)(Cn2cnc3c(cnn3-c3cccc(N4CCCC4)c3)c2=O)CC1. The fraction of sp³-hybridized carbons (Fsp3) is 0.520. The molecule has 6 rings (SSSR count). The number of amides is 1. The van der Waals surface area contributed by atoms with E-state index in [9.17, 15) is 14.7 Å². The molecule has 1 aliphatic carbocycles. The normalized spacial score (nSPS) is 20.3. The Balaban J connectivity index is 1.22. The summed E-state index contributed by atoms with van der Waals surface area (Å²) in [5, 5.41) is 16.0. The molecule has 34 heavy (non-hydrogen) atoms. The molecule has 0 spiro atoms. The minimum atomic E-state index is -1.03. The van der Waals surface area contributed by atoms with Crippen LogP contribution in [0, 0.1) is 5.92 Å². The van der Waals surface area contributed by atoms with Gasteiger partial charge in [-0.2, -0.15) is 5.10 Å². The minimum absolute atomic E-state index is 0.163. The van der Waals surface area contributed by atoms with Crippen LogP contribution in [0.2, 0.25) is 0 Å². The molecule has 3 fully saturated rings. The molecule has 3 aliphatic rings. The van der Waals surface area contributed by atoms with Gasteiger partial charge in [-0.1, -0.05) is 6.07 Å². The zero-order chi connectivity index (χ0) is 23.3. The van der Waals surface area contributed by atoms with E-state index in [0.717, 1.165) is 37.3 Å². The molecule has 0 radical (unpaired) electrons. The number of hydrogen-bond acceptors (Lipinski definition) is 6. The van der Waals surface area contributed by atoms with Crippen LogP contribution in [-0.4, -0.2) is 67.0 Å². The number of hydrogen-bond donors (Lipinski definition) is 1. The third-order valence-corrected chi connectivity index (χ3v) is 7.50. The van der Waals surface area contributed by atoms with Gasteiger partial charge in [0.1, 0.15) is 11.7 Å². The lowest BCUT2D eigenvalue weighted by Crippen LogP contribution is -2.50. The van der Waals surface area contributed by atoms with Crippen LogP contribution < -0.4 is 10.5 Å². The van der Waals surface area contributed by atoms with Gasteiger partial charge in [-0.05, 0) is 56.7 Å². The first-order valence-electron chi connectivity index (χ1n) is 12.3. The van der Waals surface area contributed by atoms with Crippen molar-refractivity contribution in [1.29, 1.82) is 0 Å². The highest BCUT2D eigenvalue weighted by Crippen LogP contribution is 2.33. The summed E-state index contributed by atoms with van der Waals surface area (Å²) in [6.45, 7) is 3.34. The first kappa shape index (κ1) is 21.3. The molecule has 9 heteroatoms. The molecule has 4 heterocycles. The van der Waals surface area contributed by atoms with Crippen molar-refractivity contribution in [2.24, 2.45) is 5.92 Å². The summed E-state index contributed by atoms with van der Waals surface area (Å²) >= 11 is 0. The van der Waals surface area contributed by atoms with Gasteiger partial charge in [0.05, 0.1) is 24.0 Å². The van der Waals surface area contributed by atoms with Crippen LogP contribution in [0.15, 0.2) is 41.6 Å². The molecule has 3 aromatic rings. The van der Waals surface area contributed by atoms with Gasteiger partial charge in [0, 0.05) is 37.8 Å². The average Bonchev–Trinajstić information content (AvgIpc) is 3.37.